The summed E-state index contributed by atoms with van der Waals surface area (Å²) in [6.45, 7) is 5.63. The SMILES string of the molecule is Cc1ccc(-c2nc(CC(=O)N3CCN(Cc4nc(-c5ccsc5)no4)CC3)cs2)cc1. The van der Waals surface area contributed by atoms with Gasteiger partial charge in [0.25, 0.3) is 0 Å². The van der Waals surface area contributed by atoms with E-state index in [0.29, 0.717) is 37.8 Å². The number of rotatable bonds is 6. The molecule has 0 N–H and O–H groups in total. The number of thiophene rings is 1. The van der Waals surface area contributed by atoms with Gasteiger partial charge in [0, 0.05) is 48.1 Å². The number of benzene rings is 1. The maximum Gasteiger partial charge on any atom is 0.241 e. The van der Waals surface area contributed by atoms with Crippen molar-refractivity contribution in [3.05, 3.63) is 63.6 Å². The molecule has 0 spiro atoms. The van der Waals surface area contributed by atoms with Crippen LogP contribution in [0.1, 0.15) is 17.1 Å². The molecule has 0 atom stereocenters. The Morgan fingerprint density at radius 2 is 1.84 bits per heavy atom. The molecule has 3 aromatic heterocycles. The second-order valence-corrected chi connectivity index (χ2v) is 9.51. The lowest BCUT2D eigenvalue weighted by molar-refractivity contribution is -0.132. The third-order valence-electron chi connectivity index (χ3n) is 5.51. The van der Waals surface area contributed by atoms with E-state index in [0.717, 1.165) is 34.9 Å². The summed E-state index contributed by atoms with van der Waals surface area (Å²) in [5.74, 6) is 1.36. The van der Waals surface area contributed by atoms with Gasteiger partial charge in [-0.2, -0.15) is 16.3 Å². The Kier molecular flexibility index (Phi) is 6.11. The lowest BCUT2D eigenvalue weighted by atomic mass is 10.2. The van der Waals surface area contributed by atoms with Gasteiger partial charge in [-0.1, -0.05) is 35.0 Å². The van der Waals surface area contributed by atoms with Crippen molar-refractivity contribution in [3.63, 3.8) is 0 Å². The zero-order valence-corrected chi connectivity index (χ0v) is 19.4. The maximum atomic E-state index is 12.8. The fraction of sp³-hybridized carbons (Fsp3) is 0.304. The van der Waals surface area contributed by atoms with Crippen molar-refractivity contribution >= 4 is 28.6 Å². The summed E-state index contributed by atoms with van der Waals surface area (Å²) in [5.41, 5.74) is 4.13. The number of aryl methyl sites for hydroxylation is 1. The van der Waals surface area contributed by atoms with Gasteiger partial charge in [0.1, 0.15) is 5.01 Å². The van der Waals surface area contributed by atoms with Gasteiger partial charge in [0.2, 0.25) is 17.6 Å². The third kappa shape index (κ3) is 4.79. The number of aromatic nitrogens is 3. The number of nitrogens with zero attached hydrogens (tertiary/aromatic N) is 5. The van der Waals surface area contributed by atoms with Gasteiger partial charge in [0.15, 0.2) is 0 Å². The van der Waals surface area contributed by atoms with E-state index >= 15 is 0 Å². The average Bonchev–Trinajstić information content (AvgIpc) is 3.57. The summed E-state index contributed by atoms with van der Waals surface area (Å²) in [6.07, 6.45) is 0.343. The lowest BCUT2D eigenvalue weighted by Crippen LogP contribution is -2.48. The molecule has 1 aromatic carbocycles. The first kappa shape index (κ1) is 21.0. The van der Waals surface area contributed by atoms with E-state index < -0.39 is 0 Å². The van der Waals surface area contributed by atoms with E-state index in [-0.39, 0.29) is 5.91 Å². The molecule has 164 valence electrons. The minimum Gasteiger partial charge on any atom is -0.340 e. The Bertz CT molecular complexity index is 1180. The van der Waals surface area contributed by atoms with Crippen molar-refractivity contribution in [2.24, 2.45) is 0 Å². The third-order valence-corrected chi connectivity index (χ3v) is 7.14. The quantitative estimate of drug-likeness (QED) is 0.426. The van der Waals surface area contributed by atoms with E-state index in [9.17, 15) is 4.79 Å². The van der Waals surface area contributed by atoms with Crippen LogP contribution in [-0.2, 0) is 17.8 Å². The summed E-state index contributed by atoms with van der Waals surface area (Å²) in [7, 11) is 0. The number of thiazole rings is 1. The van der Waals surface area contributed by atoms with Gasteiger partial charge in [0.05, 0.1) is 18.7 Å². The molecule has 7 nitrogen and oxygen atoms in total. The summed E-state index contributed by atoms with van der Waals surface area (Å²) in [5, 5.41) is 11.0. The molecule has 5 rings (SSSR count). The fourth-order valence-corrected chi connectivity index (χ4v) is 5.12. The van der Waals surface area contributed by atoms with Gasteiger partial charge in [-0.15, -0.1) is 11.3 Å². The first-order valence-electron chi connectivity index (χ1n) is 10.5. The van der Waals surface area contributed by atoms with Gasteiger partial charge >= 0.3 is 0 Å². The Morgan fingerprint density at radius 3 is 2.59 bits per heavy atom. The first-order chi connectivity index (χ1) is 15.6. The predicted octanol–water partition coefficient (Wildman–Crippen LogP) is 4.12. The van der Waals surface area contributed by atoms with Crippen molar-refractivity contribution in [2.45, 2.75) is 19.9 Å². The summed E-state index contributed by atoms with van der Waals surface area (Å²) in [6, 6.07) is 10.3. The highest BCUT2D eigenvalue weighted by molar-refractivity contribution is 7.13. The van der Waals surface area contributed by atoms with Crippen LogP contribution < -0.4 is 0 Å². The van der Waals surface area contributed by atoms with Crippen molar-refractivity contribution in [1.29, 1.82) is 0 Å². The molecule has 4 aromatic rings. The molecule has 0 aliphatic carbocycles. The smallest absolute Gasteiger partial charge is 0.241 e. The van der Waals surface area contributed by atoms with Crippen LogP contribution in [0.5, 0.6) is 0 Å². The van der Waals surface area contributed by atoms with Gasteiger partial charge < -0.3 is 9.42 Å². The van der Waals surface area contributed by atoms with E-state index in [2.05, 4.69) is 51.2 Å². The van der Waals surface area contributed by atoms with E-state index in [1.807, 2.05) is 27.1 Å². The van der Waals surface area contributed by atoms with E-state index in [1.165, 1.54) is 5.56 Å². The molecule has 1 aliphatic heterocycles. The lowest BCUT2D eigenvalue weighted by Gasteiger charge is -2.33. The first-order valence-corrected chi connectivity index (χ1v) is 12.3. The van der Waals surface area contributed by atoms with Crippen LogP contribution in [0.25, 0.3) is 22.0 Å². The van der Waals surface area contributed by atoms with Crippen LogP contribution in [-0.4, -0.2) is 57.0 Å². The average molecular weight is 466 g/mol. The fourth-order valence-electron chi connectivity index (χ4n) is 3.66. The van der Waals surface area contributed by atoms with Gasteiger partial charge in [-0.05, 0) is 18.4 Å². The molecule has 4 heterocycles. The van der Waals surface area contributed by atoms with Gasteiger partial charge in [-0.25, -0.2) is 4.98 Å². The molecule has 0 bridgehead atoms. The standard InChI is InChI=1S/C23H23N5O2S2/c1-16-2-4-17(5-3-16)23-24-19(15-32-23)12-21(29)28-9-7-27(8-10-28)13-20-25-22(26-30-20)18-6-11-31-14-18/h2-6,11,14-15H,7-10,12-13H2,1H3. The number of carbonyl (C=O) groups is 1. The molecule has 1 fully saturated rings. The number of amides is 1. The molecular weight excluding hydrogens is 442 g/mol. The molecule has 1 amide bonds. The van der Waals surface area contributed by atoms with Crippen LogP contribution in [0.4, 0.5) is 0 Å². The molecule has 1 aliphatic rings. The van der Waals surface area contributed by atoms with Crippen molar-refractivity contribution in [1.82, 2.24) is 24.9 Å². The van der Waals surface area contributed by atoms with Crippen LogP contribution in [0, 0.1) is 6.92 Å². The Hall–Kier alpha value is -2.88. The second kappa shape index (κ2) is 9.32. The van der Waals surface area contributed by atoms with Crippen LogP contribution in [0.3, 0.4) is 0 Å². The molecule has 0 saturated carbocycles. The largest absolute Gasteiger partial charge is 0.340 e. The zero-order valence-electron chi connectivity index (χ0n) is 17.7. The molecular formula is C23H23N5O2S2. The number of carbonyl (C=O) groups excluding carboxylic acids is 1. The van der Waals surface area contributed by atoms with E-state index in [1.54, 1.807) is 22.7 Å². The predicted molar refractivity (Wildman–Crippen MR) is 125 cm³/mol. The molecule has 1 saturated heterocycles. The highest BCUT2D eigenvalue weighted by Crippen LogP contribution is 2.24. The molecule has 32 heavy (non-hydrogen) atoms. The van der Waals surface area contributed by atoms with Gasteiger partial charge in [-0.3, -0.25) is 9.69 Å². The molecule has 9 heteroatoms. The monoisotopic (exact) mass is 465 g/mol. The topological polar surface area (TPSA) is 75.4 Å². The maximum absolute atomic E-state index is 12.8. The molecule has 0 radical (unpaired) electrons. The Morgan fingerprint density at radius 1 is 1.03 bits per heavy atom. The van der Waals surface area contributed by atoms with E-state index in [4.69, 9.17) is 4.52 Å². The highest BCUT2D eigenvalue weighted by atomic mass is 32.1. The zero-order chi connectivity index (χ0) is 21.9. The number of piperazine rings is 1. The Balaban J connectivity index is 1.12. The number of hydrogen-bond acceptors (Lipinski definition) is 8. The molecule has 0 unspecified atom stereocenters. The van der Waals surface area contributed by atoms with Crippen molar-refractivity contribution in [2.75, 3.05) is 26.2 Å². The minimum absolute atomic E-state index is 0.128. The number of hydrogen-bond donors (Lipinski definition) is 0. The summed E-state index contributed by atoms with van der Waals surface area (Å²) >= 11 is 3.20. The second-order valence-electron chi connectivity index (χ2n) is 7.87. The van der Waals surface area contributed by atoms with Crippen molar-refractivity contribution < 1.29 is 9.32 Å². The minimum atomic E-state index is 0.128. The summed E-state index contributed by atoms with van der Waals surface area (Å²) in [4.78, 5) is 26.1. The van der Waals surface area contributed by atoms with Crippen LogP contribution >= 0.6 is 22.7 Å². The summed E-state index contributed by atoms with van der Waals surface area (Å²) < 4.78 is 5.40. The highest BCUT2D eigenvalue weighted by Gasteiger charge is 2.23. The normalized spacial score (nSPS) is 14.7. The van der Waals surface area contributed by atoms with Crippen molar-refractivity contribution in [3.8, 4) is 22.0 Å². The van der Waals surface area contributed by atoms with Crippen LogP contribution in [0.2, 0.25) is 0 Å². The van der Waals surface area contributed by atoms with Crippen LogP contribution in [0.15, 0.2) is 51.0 Å². The Labute approximate surface area is 194 Å².